The first kappa shape index (κ1) is 12.5. The van der Waals surface area contributed by atoms with E-state index in [1.807, 2.05) is 26.4 Å². The van der Waals surface area contributed by atoms with E-state index in [2.05, 4.69) is 16.0 Å². The molecule has 94 valence electrons. The van der Waals surface area contributed by atoms with Crippen LogP contribution in [0.2, 0.25) is 0 Å². The van der Waals surface area contributed by atoms with Crippen LogP contribution in [0, 0.1) is 0 Å². The lowest BCUT2D eigenvalue weighted by Crippen LogP contribution is -2.29. The zero-order valence-corrected chi connectivity index (χ0v) is 10.8. The van der Waals surface area contributed by atoms with E-state index in [9.17, 15) is 5.11 Å². The minimum absolute atomic E-state index is 0.672. The first-order valence-corrected chi connectivity index (χ1v) is 6.43. The van der Waals surface area contributed by atoms with Crippen molar-refractivity contribution in [3.8, 4) is 0 Å². The Morgan fingerprint density at radius 1 is 1.24 bits per heavy atom. The molecular formula is C14H22N2O. The first-order chi connectivity index (χ1) is 8.10. The zero-order valence-electron chi connectivity index (χ0n) is 10.8. The molecule has 0 radical (unpaired) electrons. The van der Waals surface area contributed by atoms with Gasteiger partial charge >= 0.3 is 0 Å². The Morgan fingerprint density at radius 2 is 1.94 bits per heavy atom. The molecule has 0 atom stereocenters. The quantitative estimate of drug-likeness (QED) is 0.871. The van der Waals surface area contributed by atoms with Gasteiger partial charge in [-0.1, -0.05) is 25.3 Å². The van der Waals surface area contributed by atoms with Gasteiger partial charge in [0.25, 0.3) is 0 Å². The van der Waals surface area contributed by atoms with Gasteiger partial charge in [-0.3, -0.25) is 4.98 Å². The minimum atomic E-state index is -0.672. The van der Waals surface area contributed by atoms with Crippen LogP contribution in [0.1, 0.15) is 43.4 Å². The molecule has 2 rings (SSSR count). The largest absolute Gasteiger partial charge is 0.384 e. The molecule has 0 amide bonds. The monoisotopic (exact) mass is 234 g/mol. The molecule has 0 aliphatic heterocycles. The number of hydrogen-bond acceptors (Lipinski definition) is 3. The highest BCUT2D eigenvalue weighted by Crippen LogP contribution is 2.35. The van der Waals surface area contributed by atoms with Gasteiger partial charge in [0.15, 0.2) is 0 Å². The van der Waals surface area contributed by atoms with Crippen LogP contribution in [0.25, 0.3) is 0 Å². The van der Waals surface area contributed by atoms with Gasteiger partial charge in [0.05, 0.1) is 5.69 Å². The highest BCUT2D eigenvalue weighted by atomic mass is 16.3. The van der Waals surface area contributed by atoms with E-state index in [0.717, 1.165) is 37.9 Å². The Kier molecular flexibility index (Phi) is 3.79. The first-order valence-electron chi connectivity index (χ1n) is 6.43. The molecule has 1 aromatic rings. The van der Waals surface area contributed by atoms with Crippen LogP contribution >= 0.6 is 0 Å². The molecular weight excluding hydrogens is 212 g/mol. The van der Waals surface area contributed by atoms with Crippen molar-refractivity contribution in [3.05, 3.63) is 29.6 Å². The lowest BCUT2D eigenvalue weighted by Gasteiger charge is -2.31. The van der Waals surface area contributed by atoms with Crippen molar-refractivity contribution in [2.24, 2.45) is 0 Å². The summed E-state index contributed by atoms with van der Waals surface area (Å²) in [5.74, 6) is 0. The van der Waals surface area contributed by atoms with E-state index in [-0.39, 0.29) is 0 Å². The maximum absolute atomic E-state index is 10.5. The molecule has 0 unspecified atom stereocenters. The molecule has 17 heavy (non-hydrogen) atoms. The molecule has 0 bridgehead atoms. The predicted molar refractivity (Wildman–Crippen MR) is 68.6 cm³/mol. The average Bonchev–Trinajstić information content (AvgIpc) is 2.30. The molecule has 1 N–H and O–H groups in total. The van der Waals surface area contributed by atoms with Crippen molar-refractivity contribution in [1.82, 2.24) is 9.88 Å². The van der Waals surface area contributed by atoms with Crippen molar-refractivity contribution in [2.45, 2.75) is 44.2 Å². The minimum Gasteiger partial charge on any atom is -0.384 e. The van der Waals surface area contributed by atoms with Gasteiger partial charge in [-0.25, -0.2) is 0 Å². The van der Waals surface area contributed by atoms with Crippen molar-refractivity contribution in [1.29, 1.82) is 0 Å². The molecule has 0 aromatic carbocycles. The van der Waals surface area contributed by atoms with Gasteiger partial charge in [-0.15, -0.1) is 0 Å². The lowest BCUT2D eigenvalue weighted by molar-refractivity contribution is -0.00466. The van der Waals surface area contributed by atoms with E-state index in [4.69, 9.17) is 0 Å². The summed E-state index contributed by atoms with van der Waals surface area (Å²) in [6.07, 6.45) is 7.05. The number of aromatic nitrogens is 1. The predicted octanol–water partition coefficient (Wildman–Crippen LogP) is 2.29. The molecule has 0 saturated heterocycles. The Balaban J connectivity index is 2.11. The van der Waals surface area contributed by atoms with Gasteiger partial charge in [0.2, 0.25) is 0 Å². The Bertz CT molecular complexity index is 353. The van der Waals surface area contributed by atoms with Crippen LogP contribution in [0.5, 0.6) is 0 Å². The van der Waals surface area contributed by atoms with Crippen LogP contribution in [0.4, 0.5) is 0 Å². The number of nitrogens with zero attached hydrogens (tertiary/aromatic N) is 2. The average molecular weight is 234 g/mol. The summed E-state index contributed by atoms with van der Waals surface area (Å²) in [4.78, 5) is 6.57. The highest BCUT2D eigenvalue weighted by molar-refractivity contribution is 5.19. The second-order valence-corrected chi connectivity index (χ2v) is 5.38. The van der Waals surface area contributed by atoms with Crippen molar-refractivity contribution in [3.63, 3.8) is 0 Å². The maximum Gasteiger partial charge on any atom is 0.106 e. The molecule has 1 fully saturated rings. The van der Waals surface area contributed by atoms with Gasteiger partial charge in [0.1, 0.15) is 5.60 Å². The SMILES string of the molecule is CN(C)Cc1ccc(C2(O)CCCCC2)nc1. The summed E-state index contributed by atoms with van der Waals surface area (Å²) in [5, 5.41) is 10.5. The van der Waals surface area contributed by atoms with E-state index in [1.165, 1.54) is 12.0 Å². The third-order valence-electron chi connectivity index (χ3n) is 3.48. The summed E-state index contributed by atoms with van der Waals surface area (Å²) in [5.41, 5.74) is 1.37. The molecule has 1 aliphatic carbocycles. The summed E-state index contributed by atoms with van der Waals surface area (Å²) in [6.45, 7) is 0.895. The van der Waals surface area contributed by atoms with Crippen LogP contribution < -0.4 is 0 Å². The van der Waals surface area contributed by atoms with Crippen molar-refractivity contribution in [2.75, 3.05) is 14.1 Å². The van der Waals surface area contributed by atoms with E-state index < -0.39 is 5.60 Å². The molecule has 1 heterocycles. The summed E-state index contributed by atoms with van der Waals surface area (Å²) >= 11 is 0. The Labute approximate surface area is 103 Å². The maximum atomic E-state index is 10.5. The van der Waals surface area contributed by atoms with Gasteiger partial charge in [0, 0.05) is 12.7 Å². The van der Waals surface area contributed by atoms with Crippen LogP contribution in [-0.4, -0.2) is 29.1 Å². The van der Waals surface area contributed by atoms with E-state index in [0.29, 0.717) is 0 Å². The Morgan fingerprint density at radius 3 is 2.47 bits per heavy atom. The number of hydrogen-bond donors (Lipinski definition) is 1. The number of rotatable bonds is 3. The normalized spacial score (nSPS) is 19.5. The van der Waals surface area contributed by atoms with Gasteiger partial charge in [-0.2, -0.15) is 0 Å². The smallest absolute Gasteiger partial charge is 0.106 e. The molecule has 3 nitrogen and oxygen atoms in total. The van der Waals surface area contributed by atoms with E-state index >= 15 is 0 Å². The molecule has 0 spiro atoms. The molecule has 1 saturated carbocycles. The zero-order chi connectivity index (χ0) is 12.3. The standard InChI is InChI=1S/C14H22N2O/c1-16(2)11-12-6-7-13(15-10-12)14(17)8-4-3-5-9-14/h6-7,10,17H,3-5,8-9,11H2,1-2H3. The molecule has 3 heteroatoms. The van der Waals surface area contributed by atoms with Crippen LogP contribution in [-0.2, 0) is 12.1 Å². The van der Waals surface area contributed by atoms with Crippen molar-refractivity contribution < 1.29 is 5.11 Å². The third kappa shape index (κ3) is 3.05. The summed E-state index contributed by atoms with van der Waals surface area (Å²) in [7, 11) is 4.09. The third-order valence-corrected chi connectivity index (χ3v) is 3.48. The fourth-order valence-corrected chi connectivity index (χ4v) is 2.55. The molecule has 1 aliphatic rings. The van der Waals surface area contributed by atoms with Crippen LogP contribution in [0.15, 0.2) is 18.3 Å². The summed E-state index contributed by atoms with van der Waals surface area (Å²) in [6, 6.07) is 4.07. The van der Waals surface area contributed by atoms with Gasteiger partial charge in [-0.05, 0) is 38.6 Å². The fraction of sp³-hybridized carbons (Fsp3) is 0.643. The number of pyridine rings is 1. The lowest BCUT2D eigenvalue weighted by atomic mass is 9.82. The summed E-state index contributed by atoms with van der Waals surface area (Å²) < 4.78 is 0. The Hall–Kier alpha value is -0.930. The number of aliphatic hydroxyl groups is 1. The topological polar surface area (TPSA) is 36.4 Å². The second-order valence-electron chi connectivity index (χ2n) is 5.38. The van der Waals surface area contributed by atoms with Crippen molar-refractivity contribution >= 4 is 0 Å². The fourth-order valence-electron chi connectivity index (χ4n) is 2.55. The van der Waals surface area contributed by atoms with E-state index in [1.54, 1.807) is 0 Å². The van der Waals surface area contributed by atoms with Crippen LogP contribution in [0.3, 0.4) is 0 Å². The highest BCUT2D eigenvalue weighted by Gasteiger charge is 2.32. The molecule has 1 aromatic heterocycles. The van der Waals surface area contributed by atoms with Gasteiger partial charge < -0.3 is 10.0 Å². The second kappa shape index (κ2) is 5.15.